The van der Waals surface area contributed by atoms with Crippen LogP contribution in [0.4, 0.5) is 10.1 Å². The molecule has 0 aliphatic carbocycles. The molecule has 0 amide bonds. The molecule has 0 fully saturated rings. The second kappa shape index (κ2) is 8.09. The highest BCUT2D eigenvalue weighted by Gasteiger charge is 2.12. The maximum atomic E-state index is 13.7. The Morgan fingerprint density at radius 3 is 2.22 bits per heavy atom. The smallest absolute Gasteiger partial charge is 0.129 e. The monoisotopic (exact) mass is 252 g/mol. The van der Waals surface area contributed by atoms with Crippen LogP contribution in [0.2, 0.25) is 0 Å². The Balaban J connectivity index is 2.91. The number of nitrogens with two attached hydrogens (primary N) is 1. The summed E-state index contributed by atoms with van der Waals surface area (Å²) in [5, 5.41) is 0. The summed E-state index contributed by atoms with van der Waals surface area (Å²) in [5.74, 6) is -0.187. The molecule has 0 aromatic heterocycles. The highest BCUT2D eigenvalue weighted by atomic mass is 19.1. The topological polar surface area (TPSA) is 29.3 Å². The summed E-state index contributed by atoms with van der Waals surface area (Å²) >= 11 is 0. The molecule has 0 radical (unpaired) electrons. The van der Waals surface area contributed by atoms with Crippen molar-refractivity contribution in [1.82, 2.24) is 0 Å². The van der Waals surface area contributed by atoms with Crippen LogP contribution in [0.15, 0.2) is 18.2 Å². The van der Waals surface area contributed by atoms with Crippen LogP contribution in [-0.2, 0) is 6.54 Å². The zero-order valence-corrected chi connectivity index (χ0v) is 11.6. The van der Waals surface area contributed by atoms with Gasteiger partial charge < -0.3 is 10.6 Å². The van der Waals surface area contributed by atoms with Crippen LogP contribution in [0.25, 0.3) is 0 Å². The van der Waals surface area contributed by atoms with Crippen LogP contribution in [-0.4, -0.2) is 13.1 Å². The van der Waals surface area contributed by atoms with Crippen molar-refractivity contribution in [3.8, 4) is 0 Å². The van der Waals surface area contributed by atoms with E-state index in [1.807, 2.05) is 6.07 Å². The average Bonchev–Trinajstić information content (AvgIpc) is 2.39. The van der Waals surface area contributed by atoms with Crippen molar-refractivity contribution >= 4 is 5.69 Å². The molecule has 0 spiro atoms. The molecule has 2 N–H and O–H groups in total. The lowest BCUT2D eigenvalue weighted by molar-refractivity contribution is 0.605. The summed E-state index contributed by atoms with van der Waals surface area (Å²) in [5.41, 5.74) is 7.29. The van der Waals surface area contributed by atoms with Gasteiger partial charge in [0, 0.05) is 30.9 Å². The lowest BCUT2D eigenvalue weighted by Crippen LogP contribution is -2.27. The van der Waals surface area contributed by atoms with Gasteiger partial charge in [-0.2, -0.15) is 0 Å². The van der Waals surface area contributed by atoms with Gasteiger partial charge in [0.25, 0.3) is 0 Å². The van der Waals surface area contributed by atoms with Crippen molar-refractivity contribution in [3.05, 3.63) is 29.6 Å². The summed E-state index contributed by atoms with van der Waals surface area (Å²) in [4.78, 5) is 2.28. The SMILES string of the molecule is CCCCN(CCCC)c1cccc(F)c1CN. The normalized spacial score (nSPS) is 10.7. The molecule has 1 rings (SSSR count). The van der Waals surface area contributed by atoms with Gasteiger partial charge in [-0.3, -0.25) is 0 Å². The van der Waals surface area contributed by atoms with Gasteiger partial charge >= 0.3 is 0 Å². The van der Waals surface area contributed by atoms with Crippen molar-refractivity contribution in [1.29, 1.82) is 0 Å². The molecule has 0 saturated carbocycles. The standard InChI is InChI=1S/C15H25FN2/c1-3-5-10-18(11-6-4-2)15-9-7-8-14(16)13(15)12-17/h7-9H,3-6,10-12,17H2,1-2H3. The zero-order chi connectivity index (χ0) is 13.4. The van der Waals surface area contributed by atoms with E-state index in [0.29, 0.717) is 5.56 Å². The number of unbranched alkanes of at least 4 members (excludes halogenated alkanes) is 2. The molecule has 102 valence electrons. The maximum absolute atomic E-state index is 13.7. The summed E-state index contributed by atoms with van der Waals surface area (Å²) in [7, 11) is 0. The molecule has 0 unspecified atom stereocenters. The van der Waals surface area contributed by atoms with E-state index >= 15 is 0 Å². The van der Waals surface area contributed by atoms with E-state index in [0.717, 1.165) is 44.5 Å². The fraction of sp³-hybridized carbons (Fsp3) is 0.600. The maximum Gasteiger partial charge on any atom is 0.129 e. The molecule has 0 saturated heterocycles. The third-order valence-electron chi connectivity index (χ3n) is 3.20. The molecule has 2 nitrogen and oxygen atoms in total. The van der Waals surface area contributed by atoms with E-state index in [1.54, 1.807) is 6.07 Å². The lowest BCUT2D eigenvalue weighted by atomic mass is 10.1. The minimum Gasteiger partial charge on any atom is -0.371 e. The Kier molecular flexibility index (Phi) is 6.73. The van der Waals surface area contributed by atoms with Gasteiger partial charge in [0.1, 0.15) is 5.82 Å². The van der Waals surface area contributed by atoms with Crippen molar-refractivity contribution in [2.75, 3.05) is 18.0 Å². The fourth-order valence-corrected chi connectivity index (χ4v) is 2.10. The third-order valence-corrected chi connectivity index (χ3v) is 3.20. The van der Waals surface area contributed by atoms with Gasteiger partial charge in [0.15, 0.2) is 0 Å². The van der Waals surface area contributed by atoms with Crippen LogP contribution >= 0.6 is 0 Å². The summed E-state index contributed by atoms with van der Waals surface area (Å²) in [6, 6.07) is 5.24. The molecule has 0 bridgehead atoms. The van der Waals surface area contributed by atoms with Crippen molar-refractivity contribution in [2.45, 2.75) is 46.1 Å². The first kappa shape index (κ1) is 15.0. The molecule has 1 aromatic carbocycles. The fourth-order valence-electron chi connectivity index (χ4n) is 2.10. The molecule has 0 atom stereocenters. The largest absolute Gasteiger partial charge is 0.371 e. The Morgan fingerprint density at radius 2 is 1.72 bits per heavy atom. The predicted octanol–water partition coefficient (Wildman–Crippen LogP) is 3.69. The molecular weight excluding hydrogens is 227 g/mol. The minimum atomic E-state index is -0.187. The molecule has 0 heterocycles. The lowest BCUT2D eigenvalue weighted by Gasteiger charge is -2.27. The first-order valence-electron chi connectivity index (χ1n) is 6.97. The van der Waals surface area contributed by atoms with Gasteiger partial charge in [-0.15, -0.1) is 0 Å². The molecule has 0 aliphatic rings. The number of anilines is 1. The van der Waals surface area contributed by atoms with Gasteiger partial charge in [0.05, 0.1) is 0 Å². The van der Waals surface area contributed by atoms with Crippen molar-refractivity contribution in [2.24, 2.45) is 5.73 Å². The van der Waals surface area contributed by atoms with Gasteiger partial charge in [-0.05, 0) is 25.0 Å². The predicted molar refractivity (Wildman–Crippen MR) is 76.3 cm³/mol. The summed E-state index contributed by atoms with van der Waals surface area (Å²) in [6.07, 6.45) is 4.56. The Morgan fingerprint density at radius 1 is 1.11 bits per heavy atom. The number of rotatable bonds is 8. The van der Waals surface area contributed by atoms with E-state index in [1.165, 1.54) is 6.07 Å². The first-order chi connectivity index (χ1) is 8.74. The summed E-state index contributed by atoms with van der Waals surface area (Å²) < 4.78 is 13.7. The first-order valence-corrected chi connectivity index (χ1v) is 6.97. The van der Waals surface area contributed by atoms with Gasteiger partial charge in [0.2, 0.25) is 0 Å². The van der Waals surface area contributed by atoms with Crippen LogP contribution in [0.3, 0.4) is 0 Å². The Bertz CT molecular complexity index is 344. The van der Waals surface area contributed by atoms with E-state index in [4.69, 9.17) is 5.73 Å². The van der Waals surface area contributed by atoms with Crippen LogP contribution in [0, 0.1) is 5.82 Å². The molecule has 0 aliphatic heterocycles. The average molecular weight is 252 g/mol. The highest BCUT2D eigenvalue weighted by molar-refractivity contribution is 5.54. The van der Waals surface area contributed by atoms with Crippen LogP contribution in [0.5, 0.6) is 0 Å². The minimum absolute atomic E-state index is 0.187. The van der Waals surface area contributed by atoms with Crippen molar-refractivity contribution < 1.29 is 4.39 Å². The Labute approximate surface area is 110 Å². The molecular formula is C15H25FN2. The second-order valence-corrected chi connectivity index (χ2v) is 4.64. The van der Waals surface area contributed by atoms with Gasteiger partial charge in [-0.25, -0.2) is 4.39 Å². The quantitative estimate of drug-likeness (QED) is 0.764. The number of hydrogen-bond acceptors (Lipinski definition) is 2. The second-order valence-electron chi connectivity index (χ2n) is 4.64. The van der Waals surface area contributed by atoms with Crippen LogP contribution < -0.4 is 10.6 Å². The third kappa shape index (κ3) is 3.98. The summed E-state index contributed by atoms with van der Waals surface area (Å²) in [6.45, 7) is 6.57. The molecule has 3 heteroatoms. The van der Waals surface area contributed by atoms with Crippen LogP contribution in [0.1, 0.15) is 45.1 Å². The zero-order valence-electron chi connectivity index (χ0n) is 11.6. The Hall–Kier alpha value is -1.09. The number of benzene rings is 1. The molecule has 1 aromatic rings. The van der Waals surface area contributed by atoms with E-state index in [9.17, 15) is 4.39 Å². The number of nitrogens with zero attached hydrogens (tertiary/aromatic N) is 1. The number of halogens is 1. The highest BCUT2D eigenvalue weighted by Crippen LogP contribution is 2.23. The number of hydrogen-bond donors (Lipinski definition) is 1. The van der Waals surface area contributed by atoms with Gasteiger partial charge in [-0.1, -0.05) is 32.8 Å². The van der Waals surface area contributed by atoms with E-state index < -0.39 is 0 Å². The van der Waals surface area contributed by atoms with Crippen molar-refractivity contribution in [3.63, 3.8) is 0 Å². The molecule has 18 heavy (non-hydrogen) atoms. The van der Waals surface area contributed by atoms with E-state index in [-0.39, 0.29) is 12.4 Å². The van der Waals surface area contributed by atoms with E-state index in [2.05, 4.69) is 18.7 Å².